The lowest BCUT2D eigenvalue weighted by molar-refractivity contribution is -0.128. The number of carbonyl (C=O) groups excluding carboxylic acids is 2. The van der Waals surface area contributed by atoms with Crippen molar-refractivity contribution in [2.45, 2.75) is 19.0 Å². The van der Waals surface area contributed by atoms with Crippen LogP contribution in [0.1, 0.15) is 27.9 Å². The zero-order chi connectivity index (χ0) is 16.9. The van der Waals surface area contributed by atoms with E-state index in [1.807, 2.05) is 36.4 Å². The summed E-state index contributed by atoms with van der Waals surface area (Å²) < 4.78 is 0. The summed E-state index contributed by atoms with van der Waals surface area (Å²) in [7, 11) is 0. The molecule has 1 heterocycles. The highest BCUT2D eigenvalue weighted by Crippen LogP contribution is 2.15. The van der Waals surface area contributed by atoms with Crippen LogP contribution in [0.3, 0.4) is 0 Å². The standard InChI is InChI=1S/C19H17N3O2/c20-11-14-6-8-16(9-7-14)19(24)21-17-10-18(23)22(13-17)12-15-4-2-1-3-5-15/h1-9,17H,10,12-13H2,(H,21,24)/t17-/m1/s1. The van der Waals surface area contributed by atoms with Gasteiger partial charge in [0.1, 0.15) is 0 Å². The molecule has 5 heteroatoms. The lowest BCUT2D eigenvalue weighted by Crippen LogP contribution is -2.37. The number of hydrogen-bond donors (Lipinski definition) is 1. The molecule has 1 N–H and O–H groups in total. The third kappa shape index (κ3) is 3.61. The van der Waals surface area contributed by atoms with Crippen LogP contribution in [0.2, 0.25) is 0 Å². The molecule has 1 saturated heterocycles. The molecule has 24 heavy (non-hydrogen) atoms. The van der Waals surface area contributed by atoms with Gasteiger partial charge in [0.15, 0.2) is 0 Å². The number of nitrogens with one attached hydrogen (secondary N) is 1. The topological polar surface area (TPSA) is 73.2 Å². The van der Waals surface area contributed by atoms with Crippen molar-refractivity contribution in [2.75, 3.05) is 6.54 Å². The number of likely N-dealkylation sites (tertiary alicyclic amines) is 1. The van der Waals surface area contributed by atoms with E-state index < -0.39 is 0 Å². The van der Waals surface area contributed by atoms with Crippen molar-refractivity contribution in [1.82, 2.24) is 10.2 Å². The third-order valence-electron chi connectivity index (χ3n) is 4.04. The molecule has 2 amide bonds. The molecule has 0 bridgehead atoms. The minimum absolute atomic E-state index is 0.0454. The van der Waals surface area contributed by atoms with Gasteiger partial charge in [-0.1, -0.05) is 30.3 Å². The van der Waals surface area contributed by atoms with E-state index in [1.54, 1.807) is 29.2 Å². The number of nitrogens with zero attached hydrogens (tertiary/aromatic N) is 2. The Morgan fingerprint density at radius 1 is 1.17 bits per heavy atom. The summed E-state index contributed by atoms with van der Waals surface area (Å²) in [4.78, 5) is 26.1. The molecule has 5 nitrogen and oxygen atoms in total. The maximum atomic E-state index is 12.2. The van der Waals surface area contributed by atoms with Crippen LogP contribution in [0.5, 0.6) is 0 Å². The van der Waals surface area contributed by atoms with E-state index in [0.29, 0.717) is 30.6 Å². The number of amides is 2. The minimum Gasteiger partial charge on any atom is -0.347 e. The van der Waals surface area contributed by atoms with Crippen LogP contribution < -0.4 is 5.32 Å². The number of benzene rings is 2. The number of rotatable bonds is 4. The highest BCUT2D eigenvalue weighted by atomic mass is 16.2. The first-order valence-electron chi connectivity index (χ1n) is 7.78. The Bertz CT molecular complexity index is 779. The second-order valence-corrected chi connectivity index (χ2v) is 5.82. The number of carbonyl (C=O) groups is 2. The second kappa shape index (κ2) is 6.97. The van der Waals surface area contributed by atoms with Gasteiger partial charge in [-0.05, 0) is 29.8 Å². The van der Waals surface area contributed by atoms with Crippen molar-refractivity contribution in [2.24, 2.45) is 0 Å². The van der Waals surface area contributed by atoms with Crippen LogP contribution in [-0.2, 0) is 11.3 Å². The van der Waals surface area contributed by atoms with Crippen molar-refractivity contribution < 1.29 is 9.59 Å². The Hall–Kier alpha value is -3.13. The molecule has 1 aliphatic rings. The highest BCUT2D eigenvalue weighted by Gasteiger charge is 2.30. The van der Waals surface area contributed by atoms with E-state index in [0.717, 1.165) is 5.56 Å². The van der Waals surface area contributed by atoms with Crippen molar-refractivity contribution in [3.8, 4) is 6.07 Å². The summed E-state index contributed by atoms with van der Waals surface area (Å²) in [6.45, 7) is 1.07. The highest BCUT2D eigenvalue weighted by molar-refractivity contribution is 5.95. The summed E-state index contributed by atoms with van der Waals surface area (Å²) in [5.41, 5.74) is 2.07. The predicted molar refractivity (Wildman–Crippen MR) is 88.9 cm³/mol. The van der Waals surface area contributed by atoms with E-state index in [4.69, 9.17) is 5.26 Å². The maximum Gasteiger partial charge on any atom is 0.251 e. The summed E-state index contributed by atoms with van der Waals surface area (Å²) in [6, 6.07) is 18.1. The first kappa shape index (κ1) is 15.8. The number of nitriles is 1. The fraction of sp³-hybridized carbons (Fsp3) is 0.211. The van der Waals surface area contributed by atoms with Gasteiger partial charge in [-0.25, -0.2) is 0 Å². The summed E-state index contributed by atoms with van der Waals surface area (Å²) in [6.07, 6.45) is 0.314. The Kier molecular flexibility index (Phi) is 4.57. The van der Waals surface area contributed by atoms with Crippen LogP contribution in [0.25, 0.3) is 0 Å². The molecule has 1 fully saturated rings. The average Bonchev–Trinajstić information content (AvgIpc) is 2.95. The molecule has 1 aliphatic heterocycles. The average molecular weight is 319 g/mol. The summed E-state index contributed by atoms with van der Waals surface area (Å²) >= 11 is 0. The first-order valence-corrected chi connectivity index (χ1v) is 7.78. The van der Waals surface area contributed by atoms with E-state index >= 15 is 0 Å². The SMILES string of the molecule is N#Cc1ccc(C(=O)N[C@@H]2CC(=O)N(Cc3ccccc3)C2)cc1. The van der Waals surface area contributed by atoms with Crippen molar-refractivity contribution in [3.63, 3.8) is 0 Å². The first-order chi connectivity index (χ1) is 11.7. The van der Waals surface area contributed by atoms with Gasteiger partial charge in [0.05, 0.1) is 17.7 Å². The van der Waals surface area contributed by atoms with Gasteiger partial charge in [-0.3, -0.25) is 9.59 Å². The lowest BCUT2D eigenvalue weighted by Gasteiger charge is -2.17. The van der Waals surface area contributed by atoms with Crippen molar-refractivity contribution >= 4 is 11.8 Å². The van der Waals surface area contributed by atoms with Gasteiger partial charge >= 0.3 is 0 Å². The van der Waals surface area contributed by atoms with Crippen LogP contribution in [0.4, 0.5) is 0 Å². The zero-order valence-corrected chi connectivity index (χ0v) is 13.1. The van der Waals surface area contributed by atoms with Crippen LogP contribution >= 0.6 is 0 Å². The Labute approximate surface area is 140 Å². The Balaban J connectivity index is 1.59. The third-order valence-corrected chi connectivity index (χ3v) is 4.04. The monoisotopic (exact) mass is 319 g/mol. The largest absolute Gasteiger partial charge is 0.347 e. The molecule has 0 unspecified atom stereocenters. The molecule has 0 spiro atoms. The molecule has 120 valence electrons. The van der Waals surface area contributed by atoms with Gasteiger partial charge in [-0.15, -0.1) is 0 Å². The quantitative estimate of drug-likeness (QED) is 0.938. The van der Waals surface area contributed by atoms with Gasteiger partial charge in [0.2, 0.25) is 5.91 Å². The maximum absolute atomic E-state index is 12.2. The van der Waals surface area contributed by atoms with Gasteiger partial charge in [-0.2, -0.15) is 5.26 Å². The van der Waals surface area contributed by atoms with E-state index in [9.17, 15) is 9.59 Å². The number of hydrogen-bond acceptors (Lipinski definition) is 3. The molecular weight excluding hydrogens is 302 g/mol. The Morgan fingerprint density at radius 2 is 1.88 bits per heavy atom. The Morgan fingerprint density at radius 3 is 2.54 bits per heavy atom. The molecule has 0 aliphatic carbocycles. The predicted octanol–water partition coefficient (Wildman–Crippen LogP) is 2.09. The summed E-state index contributed by atoms with van der Waals surface area (Å²) in [5, 5.41) is 11.7. The van der Waals surface area contributed by atoms with Crippen LogP contribution in [0.15, 0.2) is 54.6 Å². The minimum atomic E-state index is -0.223. The van der Waals surface area contributed by atoms with Crippen LogP contribution in [0, 0.1) is 11.3 Å². The van der Waals surface area contributed by atoms with Crippen LogP contribution in [-0.4, -0.2) is 29.3 Å². The fourth-order valence-corrected chi connectivity index (χ4v) is 2.79. The molecule has 3 rings (SSSR count). The normalized spacial score (nSPS) is 16.7. The van der Waals surface area contributed by atoms with Gasteiger partial charge in [0, 0.05) is 25.1 Å². The van der Waals surface area contributed by atoms with Crippen molar-refractivity contribution in [3.05, 3.63) is 71.3 Å². The molecule has 0 saturated carbocycles. The molecule has 2 aromatic rings. The van der Waals surface area contributed by atoms with E-state index in [2.05, 4.69) is 5.32 Å². The molecule has 1 atom stereocenters. The molecular formula is C19H17N3O2. The molecule has 0 radical (unpaired) electrons. The molecule has 0 aromatic heterocycles. The smallest absolute Gasteiger partial charge is 0.251 e. The molecule has 2 aromatic carbocycles. The second-order valence-electron chi connectivity index (χ2n) is 5.82. The van der Waals surface area contributed by atoms with Gasteiger partial charge < -0.3 is 10.2 Å². The summed E-state index contributed by atoms with van der Waals surface area (Å²) in [5.74, 6) is -0.178. The van der Waals surface area contributed by atoms with Crippen molar-refractivity contribution in [1.29, 1.82) is 5.26 Å². The van der Waals surface area contributed by atoms with E-state index in [-0.39, 0.29) is 17.9 Å². The van der Waals surface area contributed by atoms with E-state index in [1.165, 1.54) is 0 Å². The zero-order valence-electron chi connectivity index (χ0n) is 13.1. The van der Waals surface area contributed by atoms with Gasteiger partial charge in [0.25, 0.3) is 5.91 Å². The fourth-order valence-electron chi connectivity index (χ4n) is 2.79. The lowest BCUT2D eigenvalue weighted by atomic mass is 10.1.